The summed E-state index contributed by atoms with van der Waals surface area (Å²) in [6.45, 7) is 0.219. The van der Waals surface area contributed by atoms with E-state index in [2.05, 4.69) is 11.2 Å². The van der Waals surface area contributed by atoms with Crippen molar-refractivity contribution in [2.45, 2.75) is 38.1 Å². The standard InChI is InChI=1S/C13H20N2O3/c1-3-9-15(2)13(18)14-11-8-6-4-5-7-10(11)12(16)17/h1,10-11H,4-9H2,2H3,(H,14,18)(H,16,17). The highest BCUT2D eigenvalue weighted by molar-refractivity contribution is 5.76. The van der Waals surface area contributed by atoms with Gasteiger partial charge in [-0.2, -0.15) is 0 Å². The van der Waals surface area contributed by atoms with Crippen molar-refractivity contribution in [2.75, 3.05) is 13.6 Å². The zero-order valence-electron chi connectivity index (χ0n) is 10.7. The molecule has 2 N–H and O–H groups in total. The van der Waals surface area contributed by atoms with Crippen LogP contribution in [0.15, 0.2) is 0 Å². The van der Waals surface area contributed by atoms with Gasteiger partial charge in [0.2, 0.25) is 0 Å². The number of amides is 2. The Labute approximate surface area is 108 Å². The maximum absolute atomic E-state index is 11.8. The van der Waals surface area contributed by atoms with E-state index < -0.39 is 11.9 Å². The Morgan fingerprint density at radius 3 is 2.67 bits per heavy atom. The number of nitrogens with one attached hydrogen (secondary N) is 1. The van der Waals surface area contributed by atoms with Crippen molar-refractivity contribution < 1.29 is 14.7 Å². The van der Waals surface area contributed by atoms with Crippen LogP contribution in [-0.2, 0) is 4.79 Å². The molecule has 0 spiro atoms. The molecule has 0 radical (unpaired) electrons. The average Bonchev–Trinajstić information content (AvgIpc) is 2.54. The lowest BCUT2D eigenvalue weighted by molar-refractivity contribution is -0.142. The number of carboxylic acid groups (broad SMARTS) is 1. The molecule has 5 nitrogen and oxygen atoms in total. The van der Waals surface area contributed by atoms with Crippen molar-refractivity contribution in [3.63, 3.8) is 0 Å². The molecule has 5 heteroatoms. The highest BCUT2D eigenvalue weighted by Gasteiger charge is 2.31. The molecule has 0 saturated heterocycles. The molecule has 1 aliphatic rings. The molecule has 1 saturated carbocycles. The minimum absolute atomic E-state index is 0.219. The third-order valence-corrected chi connectivity index (χ3v) is 3.32. The van der Waals surface area contributed by atoms with Crippen LogP contribution in [0.1, 0.15) is 32.1 Å². The Kier molecular flexibility index (Phi) is 5.50. The molecule has 1 aliphatic carbocycles. The van der Waals surface area contributed by atoms with E-state index in [1.807, 2.05) is 0 Å². The van der Waals surface area contributed by atoms with Gasteiger partial charge in [0.15, 0.2) is 0 Å². The molecular weight excluding hydrogens is 232 g/mol. The first-order chi connectivity index (χ1) is 8.56. The number of hydrogen-bond acceptors (Lipinski definition) is 2. The smallest absolute Gasteiger partial charge is 0.318 e. The lowest BCUT2D eigenvalue weighted by atomic mass is 9.95. The van der Waals surface area contributed by atoms with Gasteiger partial charge < -0.3 is 15.3 Å². The predicted octanol–water partition coefficient (Wildman–Crippen LogP) is 1.29. The van der Waals surface area contributed by atoms with Crippen LogP contribution in [0.2, 0.25) is 0 Å². The van der Waals surface area contributed by atoms with E-state index >= 15 is 0 Å². The molecule has 100 valence electrons. The SMILES string of the molecule is C#CCN(C)C(=O)NC1CCCCCC1C(=O)O. The molecular formula is C13H20N2O3. The van der Waals surface area contributed by atoms with Gasteiger partial charge in [0.05, 0.1) is 12.5 Å². The van der Waals surface area contributed by atoms with Gasteiger partial charge in [-0.05, 0) is 12.8 Å². The van der Waals surface area contributed by atoms with Crippen LogP contribution >= 0.6 is 0 Å². The molecule has 2 amide bonds. The van der Waals surface area contributed by atoms with Gasteiger partial charge in [-0.25, -0.2) is 4.79 Å². The molecule has 2 unspecified atom stereocenters. The van der Waals surface area contributed by atoms with E-state index in [-0.39, 0.29) is 18.6 Å². The summed E-state index contributed by atoms with van der Waals surface area (Å²) in [6.07, 6.45) is 9.36. The highest BCUT2D eigenvalue weighted by atomic mass is 16.4. The zero-order valence-corrected chi connectivity index (χ0v) is 10.7. The number of carbonyl (C=O) groups excluding carboxylic acids is 1. The lowest BCUT2D eigenvalue weighted by Gasteiger charge is -2.25. The molecule has 0 aromatic carbocycles. The maximum Gasteiger partial charge on any atom is 0.318 e. The zero-order chi connectivity index (χ0) is 13.5. The third kappa shape index (κ3) is 3.95. The van der Waals surface area contributed by atoms with E-state index in [0.717, 1.165) is 19.3 Å². The summed E-state index contributed by atoms with van der Waals surface area (Å²) in [5.74, 6) is 1.06. The fourth-order valence-electron chi connectivity index (χ4n) is 2.25. The van der Waals surface area contributed by atoms with Crippen LogP contribution in [0.4, 0.5) is 4.79 Å². The largest absolute Gasteiger partial charge is 0.481 e. The average molecular weight is 252 g/mol. The normalized spacial score (nSPS) is 23.6. The van der Waals surface area contributed by atoms with Gasteiger partial charge in [0.25, 0.3) is 0 Å². The highest BCUT2D eigenvalue weighted by Crippen LogP contribution is 2.23. The van der Waals surface area contributed by atoms with E-state index in [1.54, 1.807) is 7.05 Å². The Hall–Kier alpha value is -1.70. The van der Waals surface area contributed by atoms with Crippen molar-refractivity contribution in [3.05, 3.63) is 0 Å². The van der Waals surface area contributed by atoms with Crippen LogP contribution in [0.25, 0.3) is 0 Å². The maximum atomic E-state index is 11.8. The molecule has 0 aromatic rings. The predicted molar refractivity (Wildman–Crippen MR) is 68.0 cm³/mol. The second-order valence-corrected chi connectivity index (χ2v) is 4.70. The van der Waals surface area contributed by atoms with E-state index in [9.17, 15) is 14.7 Å². The van der Waals surface area contributed by atoms with Crippen molar-refractivity contribution in [1.29, 1.82) is 0 Å². The molecule has 0 bridgehead atoms. The van der Waals surface area contributed by atoms with Gasteiger partial charge in [-0.1, -0.05) is 25.2 Å². The summed E-state index contributed by atoms with van der Waals surface area (Å²) in [7, 11) is 1.60. The molecule has 2 atom stereocenters. The number of carbonyl (C=O) groups is 2. The third-order valence-electron chi connectivity index (χ3n) is 3.32. The number of terminal acetylenes is 1. The van der Waals surface area contributed by atoms with Crippen molar-refractivity contribution in [2.24, 2.45) is 5.92 Å². The number of nitrogens with zero attached hydrogens (tertiary/aromatic N) is 1. The van der Waals surface area contributed by atoms with Crippen LogP contribution in [0.3, 0.4) is 0 Å². The molecule has 18 heavy (non-hydrogen) atoms. The number of rotatable bonds is 3. The number of aliphatic carboxylic acids is 1. The Balaban J connectivity index is 2.63. The summed E-state index contributed by atoms with van der Waals surface area (Å²) < 4.78 is 0. The summed E-state index contributed by atoms with van der Waals surface area (Å²) in [5, 5.41) is 12.0. The fraction of sp³-hybridized carbons (Fsp3) is 0.692. The van der Waals surface area contributed by atoms with Gasteiger partial charge in [0, 0.05) is 13.1 Å². The van der Waals surface area contributed by atoms with Crippen molar-refractivity contribution in [3.8, 4) is 12.3 Å². The van der Waals surface area contributed by atoms with E-state index in [0.29, 0.717) is 12.8 Å². The first-order valence-corrected chi connectivity index (χ1v) is 6.24. The number of hydrogen-bond donors (Lipinski definition) is 2. The second kappa shape index (κ2) is 6.90. The number of urea groups is 1. The fourth-order valence-corrected chi connectivity index (χ4v) is 2.25. The van der Waals surface area contributed by atoms with Gasteiger partial charge >= 0.3 is 12.0 Å². The molecule has 1 fully saturated rings. The minimum atomic E-state index is -0.832. The Bertz CT molecular complexity index is 349. The first kappa shape index (κ1) is 14.4. The molecule has 0 heterocycles. The summed E-state index contributed by atoms with van der Waals surface area (Å²) in [4.78, 5) is 24.4. The monoisotopic (exact) mass is 252 g/mol. The van der Waals surface area contributed by atoms with E-state index in [4.69, 9.17) is 6.42 Å². The molecule has 0 aromatic heterocycles. The minimum Gasteiger partial charge on any atom is -0.481 e. The van der Waals surface area contributed by atoms with E-state index in [1.165, 1.54) is 4.90 Å². The van der Waals surface area contributed by atoms with Crippen LogP contribution < -0.4 is 5.32 Å². The van der Waals surface area contributed by atoms with Crippen LogP contribution in [-0.4, -0.2) is 41.6 Å². The van der Waals surface area contributed by atoms with Crippen molar-refractivity contribution in [1.82, 2.24) is 10.2 Å². The Morgan fingerprint density at radius 1 is 1.39 bits per heavy atom. The quantitative estimate of drug-likeness (QED) is 0.587. The van der Waals surface area contributed by atoms with Gasteiger partial charge in [-0.3, -0.25) is 4.79 Å². The summed E-state index contributed by atoms with van der Waals surface area (Å²) >= 11 is 0. The van der Waals surface area contributed by atoms with Crippen LogP contribution in [0.5, 0.6) is 0 Å². The second-order valence-electron chi connectivity index (χ2n) is 4.70. The van der Waals surface area contributed by atoms with Gasteiger partial charge in [-0.15, -0.1) is 6.42 Å². The number of carboxylic acids is 1. The van der Waals surface area contributed by atoms with Crippen molar-refractivity contribution >= 4 is 12.0 Å². The first-order valence-electron chi connectivity index (χ1n) is 6.24. The van der Waals surface area contributed by atoms with Crippen LogP contribution in [0, 0.1) is 18.3 Å². The molecule has 0 aliphatic heterocycles. The topological polar surface area (TPSA) is 69.6 Å². The summed E-state index contributed by atoms with van der Waals surface area (Å²) in [5.41, 5.74) is 0. The summed E-state index contributed by atoms with van der Waals surface area (Å²) in [6, 6.07) is -0.594. The lowest BCUT2D eigenvalue weighted by Crippen LogP contribution is -2.47. The van der Waals surface area contributed by atoms with Gasteiger partial charge in [0.1, 0.15) is 0 Å². The Morgan fingerprint density at radius 2 is 2.06 bits per heavy atom. The molecule has 1 rings (SSSR count).